The highest BCUT2D eigenvalue weighted by Gasteiger charge is 2.09. The maximum absolute atomic E-state index is 11.2. The normalized spacial score (nSPS) is 10.3. The lowest BCUT2D eigenvalue weighted by molar-refractivity contribution is -0.107. The molecule has 0 bridgehead atoms. The lowest BCUT2D eigenvalue weighted by atomic mass is 10.2. The van der Waals surface area contributed by atoms with Gasteiger partial charge in [-0.3, -0.25) is 4.79 Å². The monoisotopic (exact) mass is 325 g/mol. The Hall–Kier alpha value is -1.16. The Morgan fingerprint density at radius 1 is 1.15 bits per heavy atom. The van der Waals surface area contributed by atoms with E-state index in [1.165, 1.54) is 5.56 Å². The molecule has 20 heavy (non-hydrogen) atoms. The Labute approximate surface area is 132 Å². The topological polar surface area (TPSA) is 20.3 Å². The predicted octanol–water partition coefficient (Wildman–Crippen LogP) is 5.01. The Balaban J connectivity index is 2.11. The van der Waals surface area contributed by atoms with Crippen molar-refractivity contribution in [3.63, 3.8) is 0 Å². The zero-order chi connectivity index (χ0) is 14.5. The quantitative estimate of drug-likeness (QED) is 0.437. The molecule has 0 saturated heterocycles. The fraction of sp³-hybridized carbons (Fsp3) is 0.133. The molecule has 5 heteroatoms. The maximum atomic E-state index is 11.2. The number of aryl methyl sites for hydroxylation is 1. The van der Waals surface area contributed by atoms with E-state index >= 15 is 0 Å². The first-order valence-corrected chi connectivity index (χ1v) is 7.71. The van der Waals surface area contributed by atoms with Gasteiger partial charge in [0.1, 0.15) is 0 Å². The van der Waals surface area contributed by atoms with Crippen LogP contribution in [0.25, 0.3) is 0 Å². The molecule has 0 N–H and O–H groups in total. The first-order chi connectivity index (χ1) is 9.61. The van der Waals surface area contributed by atoms with Gasteiger partial charge in [-0.1, -0.05) is 41.4 Å². The fourth-order valence-electron chi connectivity index (χ4n) is 1.69. The van der Waals surface area contributed by atoms with Crippen molar-refractivity contribution < 1.29 is 4.79 Å². The summed E-state index contributed by atoms with van der Waals surface area (Å²) in [4.78, 5) is 14.0. The van der Waals surface area contributed by atoms with Crippen molar-refractivity contribution in [2.45, 2.75) is 11.8 Å². The molecule has 0 heterocycles. The van der Waals surface area contributed by atoms with Crippen LogP contribution in [0.5, 0.6) is 0 Å². The smallest absolute Gasteiger partial charge is 0.214 e. The van der Waals surface area contributed by atoms with E-state index < -0.39 is 0 Å². The van der Waals surface area contributed by atoms with Crippen molar-refractivity contribution in [1.29, 1.82) is 0 Å². The van der Waals surface area contributed by atoms with Crippen LogP contribution in [0.3, 0.4) is 0 Å². The molecule has 2 rings (SSSR count). The molecule has 0 aromatic heterocycles. The first-order valence-electron chi connectivity index (χ1n) is 5.97. The van der Waals surface area contributed by atoms with E-state index in [9.17, 15) is 4.79 Å². The molecule has 104 valence electrons. The van der Waals surface area contributed by atoms with E-state index in [-0.39, 0.29) is 0 Å². The van der Waals surface area contributed by atoms with Gasteiger partial charge in [0.15, 0.2) is 0 Å². The van der Waals surface area contributed by atoms with Crippen LogP contribution in [0.2, 0.25) is 10.0 Å². The number of carbonyl (C=O) groups is 1. The van der Waals surface area contributed by atoms with Crippen LogP contribution in [0.15, 0.2) is 47.4 Å². The summed E-state index contributed by atoms with van der Waals surface area (Å²) in [6.07, 6.45) is 0.796. The van der Waals surface area contributed by atoms with Crippen LogP contribution < -0.4 is 4.90 Å². The number of carbonyl (C=O) groups excluding carboxylic acids is 1. The highest BCUT2D eigenvalue weighted by Crippen LogP contribution is 2.29. The summed E-state index contributed by atoms with van der Waals surface area (Å²) in [5.41, 5.74) is 1.92. The van der Waals surface area contributed by atoms with Gasteiger partial charge in [0.2, 0.25) is 6.41 Å². The highest BCUT2D eigenvalue weighted by molar-refractivity contribution is 7.99. The minimum Gasteiger partial charge on any atom is -0.305 e. The molecule has 0 aliphatic heterocycles. The van der Waals surface area contributed by atoms with E-state index in [4.69, 9.17) is 23.2 Å². The van der Waals surface area contributed by atoms with E-state index in [0.717, 1.165) is 17.0 Å². The third kappa shape index (κ3) is 3.69. The van der Waals surface area contributed by atoms with E-state index in [2.05, 4.69) is 0 Å². The largest absolute Gasteiger partial charge is 0.305 e. The molecule has 0 unspecified atom stereocenters. The Kier molecular flexibility index (Phi) is 5.35. The lowest BCUT2D eigenvalue weighted by Crippen LogP contribution is -2.20. The van der Waals surface area contributed by atoms with Crippen molar-refractivity contribution in [2.24, 2.45) is 0 Å². The molecule has 0 aliphatic carbocycles. The number of hydrogen-bond acceptors (Lipinski definition) is 2. The Morgan fingerprint density at radius 2 is 1.90 bits per heavy atom. The average molecular weight is 326 g/mol. The van der Waals surface area contributed by atoms with Crippen LogP contribution in [0, 0.1) is 6.92 Å². The standard InChI is InChI=1S/C15H13Cl2NOS/c1-11-4-2-3-5-15(11)20-10-18(9-19)12-6-7-13(16)14(17)8-12/h2-9H,10H2,1H3. The molecule has 0 radical (unpaired) electrons. The molecular formula is C15H13Cl2NOS. The minimum absolute atomic E-state index is 0.442. The zero-order valence-corrected chi connectivity index (χ0v) is 13.2. The van der Waals surface area contributed by atoms with E-state index in [0.29, 0.717) is 15.9 Å². The molecule has 2 aromatic carbocycles. The van der Waals surface area contributed by atoms with Gasteiger partial charge in [0.25, 0.3) is 0 Å². The molecule has 2 aromatic rings. The van der Waals surface area contributed by atoms with Crippen molar-refractivity contribution >= 4 is 47.1 Å². The third-order valence-corrected chi connectivity index (χ3v) is 4.73. The van der Waals surface area contributed by atoms with E-state index in [1.54, 1.807) is 34.9 Å². The van der Waals surface area contributed by atoms with Gasteiger partial charge in [-0.2, -0.15) is 0 Å². The second-order valence-electron chi connectivity index (χ2n) is 4.21. The minimum atomic E-state index is 0.442. The van der Waals surface area contributed by atoms with Gasteiger partial charge in [-0.15, -0.1) is 11.8 Å². The predicted molar refractivity (Wildman–Crippen MR) is 86.9 cm³/mol. The van der Waals surface area contributed by atoms with Crippen molar-refractivity contribution in [3.05, 3.63) is 58.1 Å². The SMILES string of the molecule is Cc1ccccc1SCN(C=O)c1ccc(Cl)c(Cl)c1. The van der Waals surface area contributed by atoms with Crippen molar-refractivity contribution in [3.8, 4) is 0 Å². The number of thioether (sulfide) groups is 1. The van der Waals surface area contributed by atoms with Crippen molar-refractivity contribution in [1.82, 2.24) is 0 Å². The molecule has 0 fully saturated rings. The van der Waals surface area contributed by atoms with E-state index in [1.807, 2.05) is 31.2 Å². The summed E-state index contributed by atoms with van der Waals surface area (Å²) < 4.78 is 0. The Bertz CT molecular complexity index is 619. The van der Waals surface area contributed by atoms with Crippen molar-refractivity contribution in [2.75, 3.05) is 10.8 Å². The maximum Gasteiger partial charge on any atom is 0.214 e. The van der Waals surface area contributed by atoms with Gasteiger partial charge >= 0.3 is 0 Å². The fourth-order valence-corrected chi connectivity index (χ4v) is 2.94. The molecule has 1 amide bonds. The molecule has 0 atom stereocenters. The second-order valence-corrected chi connectivity index (χ2v) is 6.01. The van der Waals surface area contributed by atoms with Crippen LogP contribution in [-0.2, 0) is 4.79 Å². The Morgan fingerprint density at radius 3 is 2.55 bits per heavy atom. The van der Waals surface area contributed by atoms with Crippen LogP contribution in [0.1, 0.15) is 5.56 Å². The molecule has 0 saturated carbocycles. The molecule has 0 aliphatic rings. The van der Waals surface area contributed by atoms with Gasteiger partial charge in [-0.05, 0) is 36.8 Å². The van der Waals surface area contributed by atoms with Gasteiger partial charge in [0.05, 0.1) is 15.9 Å². The highest BCUT2D eigenvalue weighted by atomic mass is 35.5. The number of amides is 1. The van der Waals surface area contributed by atoms with Gasteiger partial charge in [-0.25, -0.2) is 0 Å². The summed E-state index contributed by atoms with van der Waals surface area (Å²) in [6, 6.07) is 13.2. The summed E-state index contributed by atoms with van der Waals surface area (Å²) >= 11 is 13.5. The van der Waals surface area contributed by atoms with Crippen LogP contribution >= 0.6 is 35.0 Å². The van der Waals surface area contributed by atoms with Gasteiger partial charge < -0.3 is 4.90 Å². The number of benzene rings is 2. The zero-order valence-electron chi connectivity index (χ0n) is 10.8. The average Bonchev–Trinajstić information content (AvgIpc) is 2.45. The van der Waals surface area contributed by atoms with Crippen LogP contribution in [-0.4, -0.2) is 12.3 Å². The summed E-state index contributed by atoms with van der Waals surface area (Å²) in [7, 11) is 0. The number of anilines is 1. The number of hydrogen-bond donors (Lipinski definition) is 0. The summed E-state index contributed by atoms with van der Waals surface area (Å²) in [5.74, 6) is 0.520. The van der Waals surface area contributed by atoms with Crippen LogP contribution in [0.4, 0.5) is 5.69 Å². The third-order valence-electron chi connectivity index (χ3n) is 2.81. The molecular weight excluding hydrogens is 313 g/mol. The second kappa shape index (κ2) is 7.02. The number of nitrogens with zero attached hydrogens (tertiary/aromatic N) is 1. The summed E-state index contributed by atoms with van der Waals surface area (Å²) in [6.45, 7) is 2.05. The molecule has 2 nitrogen and oxygen atoms in total. The number of rotatable bonds is 5. The first kappa shape index (κ1) is 15.2. The van der Waals surface area contributed by atoms with Gasteiger partial charge in [0, 0.05) is 10.6 Å². The summed E-state index contributed by atoms with van der Waals surface area (Å²) in [5, 5.41) is 0.921. The lowest BCUT2D eigenvalue weighted by Gasteiger charge is -2.18. The number of halogens is 2. The molecule has 0 spiro atoms.